The number of halogens is 4. The second kappa shape index (κ2) is 9.08. The molecular weight excluding hydrogens is 417 g/mol. The fourth-order valence-corrected chi connectivity index (χ4v) is 4.12. The number of hydrogen-bond acceptors (Lipinski definition) is 2. The number of nitrogens with one attached hydrogen (secondary N) is 1. The SMILES string of the molecule is CCN1C(=O)C(Cc2ccccc2)CC1C(=O)NCc1cccc(C(F)(F)F)c1Cl. The number of likely N-dealkylation sites (N-methyl/N-ethyl adjacent to an activating group) is 1. The Morgan fingerprint density at radius 1 is 1.17 bits per heavy atom. The number of nitrogens with zero attached hydrogens (tertiary/aromatic N) is 1. The molecule has 2 aromatic carbocycles. The lowest BCUT2D eigenvalue weighted by atomic mass is 9.96. The highest BCUT2D eigenvalue weighted by molar-refractivity contribution is 6.32. The average Bonchev–Trinajstić information content (AvgIpc) is 3.02. The fraction of sp³-hybridized carbons (Fsp3) is 0.364. The Morgan fingerprint density at radius 2 is 1.87 bits per heavy atom. The first-order valence-corrected chi connectivity index (χ1v) is 10.1. The Morgan fingerprint density at radius 3 is 2.50 bits per heavy atom. The third-order valence-corrected chi connectivity index (χ3v) is 5.77. The number of carbonyl (C=O) groups is 2. The second-order valence-corrected chi connectivity index (χ2v) is 7.63. The highest BCUT2D eigenvalue weighted by atomic mass is 35.5. The van der Waals surface area contributed by atoms with Gasteiger partial charge in [-0.05, 0) is 37.0 Å². The molecule has 160 valence electrons. The summed E-state index contributed by atoms with van der Waals surface area (Å²) < 4.78 is 39.1. The van der Waals surface area contributed by atoms with Crippen LogP contribution < -0.4 is 5.32 Å². The monoisotopic (exact) mass is 438 g/mol. The first-order chi connectivity index (χ1) is 14.2. The van der Waals surface area contributed by atoms with E-state index in [1.807, 2.05) is 30.3 Å². The van der Waals surface area contributed by atoms with Gasteiger partial charge in [-0.3, -0.25) is 9.59 Å². The zero-order chi connectivity index (χ0) is 21.9. The van der Waals surface area contributed by atoms with E-state index in [0.29, 0.717) is 19.4 Å². The van der Waals surface area contributed by atoms with Crippen LogP contribution in [0.3, 0.4) is 0 Å². The van der Waals surface area contributed by atoms with E-state index in [2.05, 4.69) is 5.32 Å². The molecular formula is C22H22ClF3N2O2. The molecule has 1 aliphatic heterocycles. The second-order valence-electron chi connectivity index (χ2n) is 7.26. The van der Waals surface area contributed by atoms with Gasteiger partial charge in [0, 0.05) is 19.0 Å². The Balaban J connectivity index is 1.68. The van der Waals surface area contributed by atoms with Crippen molar-refractivity contribution in [3.63, 3.8) is 0 Å². The fourth-order valence-electron chi connectivity index (χ4n) is 3.82. The lowest BCUT2D eigenvalue weighted by molar-refractivity contribution is -0.137. The molecule has 1 heterocycles. The maximum absolute atomic E-state index is 13.0. The van der Waals surface area contributed by atoms with Gasteiger partial charge in [0.2, 0.25) is 11.8 Å². The highest BCUT2D eigenvalue weighted by Crippen LogP contribution is 2.36. The van der Waals surface area contributed by atoms with E-state index in [9.17, 15) is 22.8 Å². The number of hydrogen-bond donors (Lipinski definition) is 1. The molecule has 0 radical (unpaired) electrons. The molecule has 2 aromatic rings. The molecule has 0 saturated carbocycles. The van der Waals surface area contributed by atoms with Crippen LogP contribution in [0.5, 0.6) is 0 Å². The van der Waals surface area contributed by atoms with Gasteiger partial charge in [-0.15, -0.1) is 0 Å². The third kappa shape index (κ3) is 4.78. The maximum Gasteiger partial charge on any atom is 0.417 e. The van der Waals surface area contributed by atoms with Gasteiger partial charge in [0.1, 0.15) is 6.04 Å². The molecule has 3 rings (SSSR count). The number of likely N-dealkylation sites (tertiary alicyclic amines) is 1. The molecule has 1 aliphatic rings. The Hall–Kier alpha value is -2.54. The molecule has 4 nitrogen and oxygen atoms in total. The zero-order valence-corrected chi connectivity index (χ0v) is 17.1. The van der Waals surface area contributed by atoms with Crippen molar-refractivity contribution in [3.8, 4) is 0 Å². The standard InChI is InChI=1S/C22H22ClF3N2O2/c1-2-28-18(12-16(21(28)30)11-14-7-4-3-5-8-14)20(29)27-13-15-9-6-10-17(19(15)23)22(24,25)26/h3-10,16,18H,2,11-13H2,1H3,(H,27,29). The predicted molar refractivity (Wildman–Crippen MR) is 108 cm³/mol. The van der Waals surface area contributed by atoms with Gasteiger partial charge in [-0.2, -0.15) is 13.2 Å². The summed E-state index contributed by atoms with van der Waals surface area (Å²) in [5.41, 5.74) is 0.252. The minimum Gasteiger partial charge on any atom is -0.350 e. The zero-order valence-electron chi connectivity index (χ0n) is 16.4. The summed E-state index contributed by atoms with van der Waals surface area (Å²) in [4.78, 5) is 27.0. The Bertz CT molecular complexity index is 918. The van der Waals surface area contributed by atoms with Crippen LogP contribution in [0.25, 0.3) is 0 Å². The number of carbonyl (C=O) groups excluding carboxylic acids is 2. The third-order valence-electron chi connectivity index (χ3n) is 5.32. The molecule has 2 unspecified atom stereocenters. The van der Waals surface area contributed by atoms with E-state index < -0.39 is 28.7 Å². The average molecular weight is 439 g/mol. The topological polar surface area (TPSA) is 49.4 Å². The van der Waals surface area contributed by atoms with E-state index in [4.69, 9.17) is 11.6 Å². The molecule has 8 heteroatoms. The van der Waals surface area contributed by atoms with Crippen molar-refractivity contribution >= 4 is 23.4 Å². The summed E-state index contributed by atoms with van der Waals surface area (Å²) in [6, 6.07) is 12.5. The molecule has 30 heavy (non-hydrogen) atoms. The van der Waals surface area contributed by atoms with Gasteiger partial charge in [0.25, 0.3) is 0 Å². The summed E-state index contributed by atoms with van der Waals surface area (Å²) in [5.74, 6) is -0.784. The molecule has 1 N–H and O–H groups in total. The minimum atomic E-state index is -4.57. The van der Waals surface area contributed by atoms with Crippen molar-refractivity contribution in [1.82, 2.24) is 10.2 Å². The molecule has 0 spiro atoms. The van der Waals surface area contributed by atoms with Crippen LogP contribution in [-0.2, 0) is 28.7 Å². The van der Waals surface area contributed by atoms with Crippen LogP contribution in [0.15, 0.2) is 48.5 Å². The maximum atomic E-state index is 13.0. The molecule has 2 atom stereocenters. The van der Waals surface area contributed by atoms with Crippen LogP contribution in [0, 0.1) is 5.92 Å². The molecule has 1 saturated heterocycles. The van der Waals surface area contributed by atoms with Crippen LogP contribution in [0.4, 0.5) is 13.2 Å². The van der Waals surface area contributed by atoms with Gasteiger partial charge >= 0.3 is 6.18 Å². The van der Waals surface area contributed by atoms with E-state index in [1.165, 1.54) is 17.0 Å². The summed E-state index contributed by atoms with van der Waals surface area (Å²) in [6.45, 7) is 2.03. The van der Waals surface area contributed by atoms with Crippen molar-refractivity contribution < 1.29 is 22.8 Å². The van der Waals surface area contributed by atoms with Crippen molar-refractivity contribution in [3.05, 3.63) is 70.2 Å². The lowest BCUT2D eigenvalue weighted by Gasteiger charge is -2.22. The predicted octanol–water partition coefficient (Wildman–Crippen LogP) is 4.45. The number of benzene rings is 2. The van der Waals surface area contributed by atoms with Gasteiger partial charge in [0.15, 0.2) is 0 Å². The summed E-state index contributed by atoms with van der Waals surface area (Å²) in [5, 5.41) is 2.22. The van der Waals surface area contributed by atoms with Crippen molar-refractivity contribution in [2.24, 2.45) is 5.92 Å². The van der Waals surface area contributed by atoms with Crippen LogP contribution in [-0.4, -0.2) is 29.3 Å². The van der Waals surface area contributed by atoms with E-state index >= 15 is 0 Å². The van der Waals surface area contributed by atoms with Gasteiger partial charge in [-0.25, -0.2) is 0 Å². The quantitative estimate of drug-likeness (QED) is 0.724. The normalized spacial score (nSPS) is 19.2. The Kier molecular flexibility index (Phi) is 6.71. The first kappa shape index (κ1) is 22.2. The first-order valence-electron chi connectivity index (χ1n) is 9.69. The van der Waals surface area contributed by atoms with E-state index in [-0.39, 0.29) is 23.9 Å². The van der Waals surface area contributed by atoms with Crippen LogP contribution in [0.2, 0.25) is 5.02 Å². The summed E-state index contributed by atoms with van der Waals surface area (Å²) in [7, 11) is 0. The summed E-state index contributed by atoms with van der Waals surface area (Å²) >= 11 is 5.89. The van der Waals surface area contributed by atoms with E-state index in [0.717, 1.165) is 11.6 Å². The lowest BCUT2D eigenvalue weighted by Crippen LogP contribution is -2.44. The van der Waals surface area contributed by atoms with Crippen molar-refractivity contribution in [2.75, 3.05) is 6.54 Å². The molecule has 2 amide bonds. The minimum absolute atomic E-state index is 0.0846. The van der Waals surface area contributed by atoms with Gasteiger partial charge < -0.3 is 10.2 Å². The van der Waals surface area contributed by atoms with Crippen molar-refractivity contribution in [2.45, 2.75) is 38.5 Å². The molecule has 0 aromatic heterocycles. The largest absolute Gasteiger partial charge is 0.417 e. The number of amides is 2. The van der Waals surface area contributed by atoms with Crippen LogP contribution >= 0.6 is 11.6 Å². The Labute approximate surface area is 178 Å². The smallest absolute Gasteiger partial charge is 0.350 e. The van der Waals surface area contributed by atoms with Crippen LogP contribution in [0.1, 0.15) is 30.0 Å². The molecule has 0 aliphatic carbocycles. The molecule has 1 fully saturated rings. The summed E-state index contributed by atoms with van der Waals surface area (Å²) in [6.07, 6.45) is -3.66. The van der Waals surface area contributed by atoms with Gasteiger partial charge in [-0.1, -0.05) is 54.1 Å². The van der Waals surface area contributed by atoms with E-state index in [1.54, 1.807) is 6.92 Å². The van der Waals surface area contributed by atoms with Crippen molar-refractivity contribution in [1.29, 1.82) is 0 Å². The number of rotatable bonds is 6. The number of alkyl halides is 3. The molecule has 0 bridgehead atoms. The highest BCUT2D eigenvalue weighted by Gasteiger charge is 2.42. The van der Waals surface area contributed by atoms with Gasteiger partial charge in [0.05, 0.1) is 10.6 Å².